The first-order chi connectivity index (χ1) is 19.3. The third kappa shape index (κ3) is 5.62. The van der Waals surface area contributed by atoms with E-state index in [-0.39, 0.29) is 51.0 Å². The van der Waals surface area contributed by atoms with Gasteiger partial charge in [-0.2, -0.15) is 31.6 Å². The molecule has 2 aromatic rings. The van der Waals surface area contributed by atoms with Crippen LogP contribution >= 0.6 is 11.6 Å². The molecular formula is C23H37ClF3N5O7SSi2. The molecule has 0 amide bonds. The van der Waals surface area contributed by atoms with Crippen LogP contribution in [0.15, 0.2) is 6.33 Å². The molecule has 0 bridgehead atoms. The van der Waals surface area contributed by atoms with Gasteiger partial charge >= 0.3 is 32.7 Å². The molecule has 0 aromatic carbocycles. The van der Waals surface area contributed by atoms with Gasteiger partial charge in [-0.15, -0.1) is 0 Å². The molecule has 0 radical (unpaired) electrons. The first kappa shape index (κ1) is 33.5. The highest BCUT2D eigenvalue weighted by Crippen LogP contribution is 2.49. The molecule has 12 nitrogen and oxygen atoms in total. The van der Waals surface area contributed by atoms with Crippen LogP contribution in [0.1, 0.15) is 61.6 Å². The van der Waals surface area contributed by atoms with Crippen molar-refractivity contribution in [2.45, 2.75) is 108 Å². The normalized spacial score (nSPS) is 26.8. The van der Waals surface area contributed by atoms with E-state index in [9.17, 15) is 21.6 Å². The van der Waals surface area contributed by atoms with Gasteiger partial charge < -0.3 is 23.4 Å². The van der Waals surface area contributed by atoms with Crippen molar-refractivity contribution in [1.82, 2.24) is 19.5 Å². The van der Waals surface area contributed by atoms with Gasteiger partial charge in [0.15, 0.2) is 23.8 Å². The summed E-state index contributed by atoms with van der Waals surface area (Å²) in [6.45, 7) is 15.6. The van der Waals surface area contributed by atoms with Gasteiger partial charge in [0, 0.05) is 0 Å². The standard InChI is InChI=1S/C23H37ClF3N5O7SSi2/c1-11(2)41(12(3)4)35-9-15-17(38-42(39-41,13(5)6)14(7)8)18(37-40(33,34)23(25,26)27)21(36-15)32-10-29-16-19(28)30-22(24)31-20(16)32/h10-15,17-18,21H,9H2,1-8H3,(H2,28,30,31)/t15-,17-,18+,21-/m1/s1. The quantitative estimate of drug-likeness (QED) is 0.180. The largest absolute Gasteiger partial charge is 0.523 e. The number of alkyl halides is 3. The Bertz CT molecular complexity index is 1400. The third-order valence-corrected chi connectivity index (χ3v) is 19.3. The van der Waals surface area contributed by atoms with Crippen molar-refractivity contribution in [3.63, 3.8) is 0 Å². The minimum Gasteiger partial charge on any atom is -0.414 e. The van der Waals surface area contributed by atoms with E-state index in [0.717, 1.165) is 0 Å². The number of aromatic nitrogens is 4. The van der Waals surface area contributed by atoms with E-state index in [0.29, 0.717) is 0 Å². The lowest BCUT2D eigenvalue weighted by Gasteiger charge is -2.51. The Balaban J connectivity index is 1.92. The Morgan fingerprint density at radius 1 is 1.05 bits per heavy atom. The van der Waals surface area contributed by atoms with E-state index in [1.807, 2.05) is 55.4 Å². The van der Waals surface area contributed by atoms with E-state index in [1.54, 1.807) is 0 Å². The second kappa shape index (κ2) is 11.5. The van der Waals surface area contributed by atoms with Gasteiger partial charge in [0.2, 0.25) is 5.28 Å². The number of halogens is 4. The van der Waals surface area contributed by atoms with Crippen LogP contribution in [0.2, 0.25) is 27.4 Å². The summed E-state index contributed by atoms with van der Waals surface area (Å²) in [6, 6.07) is 0. The molecule has 2 aliphatic rings. The average molecular weight is 676 g/mol. The monoisotopic (exact) mass is 675 g/mol. The zero-order valence-corrected chi connectivity index (χ0v) is 28.1. The number of rotatable bonds is 7. The molecule has 2 N–H and O–H groups in total. The molecule has 19 heteroatoms. The Labute approximate surface area is 250 Å². The Morgan fingerprint density at radius 2 is 1.62 bits per heavy atom. The van der Waals surface area contributed by atoms with E-state index >= 15 is 0 Å². The fourth-order valence-electron chi connectivity index (χ4n) is 5.75. The highest BCUT2D eigenvalue weighted by atomic mass is 35.5. The number of nitrogens with zero attached hydrogens (tertiary/aromatic N) is 4. The molecule has 0 unspecified atom stereocenters. The number of hydrogen-bond acceptors (Lipinski definition) is 11. The summed E-state index contributed by atoms with van der Waals surface area (Å²) in [4.78, 5) is 12.1. The van der Waals surface area contributed by atoms with Crippen molar-refractivity contribution in [3.05, 3.63) is 11.6 Å². The van der Waals surface area contributed by atoms with Gasteiger partial charge in [0.05, 0.1) is 12.9 Å². The van der Waals surface area contributed by atoms with Crippen LogP contribution in [0.25, 0.3) is 11.2 Å². The van der Waals surface area contributed by atoms with Crippen molar-refractivity contribution in [3.8, 4) is 0 Å². The summed E-state index contributed by atoms with van der Waals surface area (Å²) in [5.74, 6) is -0.0863. The van der Waals surface area contributed by atoms with Gasteiger partial charge in [-0.05, 0) is 33.8 Å². The molecule has 42 heavy (non-hydrogen) atoms. The molecule has 0 spiro atoms. The fourth-order valence-corrected chi connectivity index (χ4v) is 17.7. The summed E-state index contributed by atoms with van der Waals surface area (Å²) >= 11 is 6.01. The molecule has 4 rings (SSSR count). The summed E-state index contributed by atoms with van der Waals surface area (Å²) in [5.41, 5.74) is -0.131. The summed E-state index contributed by atoms with van der Waals surface area (Å²) in [7, 11) is -12.6. The minimum absolute atomic E-state index is 0.00579. The van der Waals surface area contributed by atoms with Gasteiger partial charge in [-0.1, -0.05) is 55.4 Å². The summed E-state index contributed by atoms with van der Waals surface area (Å²) in [5, 5.41) is -0.255. The fraction of sp³-hybridized carbons (Fsp3) is 0.783. The highest BCUT2D eigenvalue weighted by Gasteiger charge is 2.63. The summed E-state index contributed by atoms with van der Waals surface area (Å²) in [6.07, 6.45) is -4.51. The number of imidazole rings is 1. The maximum Gasteiger partial charge on any atom is 0.523 e. The molecular weight excluding hydrogens is 639 g/mol. The predicted octanol–water partition coefficient (Wildman–Crippen LogP) is 5.15. The van der Waals surface area contributed by atoms with Crippen molar-refractivity contribution < 1.29 is 43.5 Å². The minimum atomic E-state index is -6.11. The average Bonchev–Trinajstić information content (AvgIpc) is 3.38. The van der Waals surface area contributed by atoms with E-state index in [4.69, 9.17) is 39.2 Å². The van der Waals surface area contributed by atoms with Crippen molar-refractivity contribution in [1.29, 1.82) is 0 Å². The zero-order valence-electron chi connectivity index (χ0n) is 24.5. The number of ether oxygens (including phenoxy) is 1. The Hall–Kier alpha value is -1.39. The molecule has 0 aliphatic carbocycles. The maximum atomic E-state index is 13.7. The van der Waals surface area contributed by atoms with E-state index < -0.39 is 57.3 Å². The topological polar surface area (TPSA) is 150 Å². The van der Waals surface area contributed by atoms with Crippen LogP contribution in [0, 0.1) is 0 Å². The molecule has 4 atom stereocenters. The van der Waals surface area contributed by atoms with Crippen molar-refractivity contribution >= 4 is 55.8 Å². The van der Waals surface area contributed by atoms with Crippen LogP contribution < -0.4 is 5.73 Å². The van der Waals surface area contributed by atoms with Gasteiger partial charge in [-0.25, -0.2) is 4.98 Å². The van der Waals surface area contributed by atoms with Crippen LogP contribution in [-0.2, 0) is 32.0 Å². The van der Waals surface area contributed by atoms with Crippen molar-refractivity contribution in [2.24, 2.45) is 0 Å². The number of hydrogen-bond donors (Lipinski definition) is 1. The van der Waals surface area contributed by atoms with Crippen LogP contribution in [-0.4, -0.2) is 75.5 Å². The molecule has 238 valence electrons. The predicted molar refractivity (Wildman–Crippen MR) is 152 cm³/mol. The first-order valence-corrected chi connectivity index (χ1v) is 19.3. The molecule has 0 saturated carbocycles. The van der Waals surface area contributed by atoms with Crippen LogP contribution in [0.3, 0.4) is 0 Å². The highest BCUT2D eigenvalue weighted by molar-refractivity contribution is 7.87. The number of fused-ring (bicyclic) bond motifs is 2. The van der Waals surface area contributed by atoms with Crippen LogP contribution in [0.4, 0.5) is 19.0 Å². The molecule has 2 fully saturated rings. The van der Waals surface area contributed by atoms with Gasteiger partial charge in [0.25, 0.3) is 0 Å². The number of anilines is 1. The molecule has 4 heterocycles. The van der Waals surface area contributed by atoms with Gasteiger partial charge in [0.1, 0.15) is 17.7 Å². The smallest absolute Gasteiger partial charge is 0.414 e. The summed E-state index contributed by atoms with van der Waals surface area (Å²) < 4.78 is 98.8. The lowest BCUT2D eigenvalue weighted by molar-refractivity contribution is -0.0694. The number of nitrogen functional groups attached to an aromatic ring is 1. The lowest BCUT2D eigenvalue weighted by atomic mass is 10.1. The molecule has 2 aliphatic heterocycles. The number of nitrogens with two attached hydrogens (primary N) is 1. The Morgan fingerprint density at radius 3 is 2.14 bits per heavy atom. The van der Waals surface area contributed by atoms with Crippen molar-refractivity contribution in [2.75, 3.05) is 12.3 Å². The third-order valence-electron chi connectivity index (χ3n) is 7.83. The Kier molecular flexibility index (Phi) is 9.19. The van der Waals surface area contributed by atoms with Crippen LogP contribution in [0.5, 0.6) is 0 Å². The second-order valence-electron chi connectivity index (χ2n) is 11.8. The van der Waals surface area contributed by atoms with E-state index in [2.05, 4.69) is 15.0 Å². The second-order valence-corrected chi connectivity index (χ2v) is 22.5. The van der Waals surface area contributed by atoms with E-state index in [1.165, 1.54) is 10.9 Å². The molecule has 2 aromatic heterocycles. The zero-order chi connectivity index (χ0) is 31.6. The lowest BCUT2D eigenvalue weighted by Crippen LogP contribution is -2.66. The molecule has 2 saturated heterocycles. The van der Waals surface area contributed by atoms with Gasteiger partial charge in [-0.3, -0.25) is 8.75 Å². The first-order valence-electron chi connectivity index (χ1n) is 13.6. The SMILES string of the molecule is CC(C)[Si]1(C(C)C)OC[C@H]2O[C@@H](n3cnc4c(N)nc(Cl)nc43)[C@@H](OS(=O)(=O)C(F)(F)F)[C@@H]2O[Si](C(C)C)(C(C)C)O1. The maximum absolute atomic E-state index is 13.7.